The maximum absolute atomic E-state index is 3.48. The van der Waals surface area contributed by atoms with Crippen molar-refractivity contribution in [2.45, 2.75) is 19.8 Å². The van der Waals surface area contributed by atoms with Crippen LogP contribution in [-0.4, -0.2) is 0 Å². The minimum absolute atomic E-state index is 0.778. The summed E-state index contributed by atoms with van der Waals surface area (Å²) in [5, 5.41) is 0. The summed E-state index contributed by atoms with van der Waals surface area (Å²) in [6.45, 7) is 2.45. The first-order valence-corrected chi connectivity index (χ1v) is 4.85. The number of hydrogen-bond acceptors (Lipinski definition) is 0. The van der Waals surface area contributed by atoms with E-state index in [4.69, 9.17) is 0 Å². The van der Waals surface area contributed by atoms with Crippen molar-refractivity contribution in [3.05, 3.63) is 0 Å². The molecule has 56 valence electrons. The smallest absolute Gasteiger partial charge is 0.0297 e. The summed E-state index contributed by atoms with van der Waals surface area (Å²) < 4.78 is 0. The molecule has 0 amide bonds. The summed E-state index contributed by atoms with van der Waals surface area (Å²) in [6, 6.07) is 0. The Balaban J connectivity index is 1.99. The Morgan fingerprint density at radius 1 is 1.36 bits per heavy atom. The van der Waals surface area contributed by atoms with Gasteiger partial charge in [0.05, 0.1) is 0 Å². The van der Waals surface area contributed by atoms with E-state index in [1.807, 2.05) is 0 Å². The molecular weight excluding hydrogens is 132 g/mol. The Morgan fingerprint density at radius 3 is 2.82 bits per heavy atom. The van der Waals surface area contributed by atoms with Gasteiger partial charge in [-0.25, -0.2) is 0 Å². The molecule has 0 aromatic carbocycles. The van der Waals surface area contributed by atoms with E-state index in [0.29, 0.717) is 0 Å². The Kier molecular flexibility index (Phi) is 0.554. The van der Waals surface area contributed by atoms with Crippen molar-refractivity contribution in [3.8, 4) is 11.8 Å². The second-order valence-electron chi connectivity index (χ2n) is 5.02. The van der Waals surface area contributed by atoms with Crippen molar-refractivity contribution in [1.82, 2.24) is 0 Å². The van der Waals surface area contributed by atoms with Crippen molar-refractivity contribution in [2.24, 2.45) is 35.0 Å². The normalized spacial score (nSPS) is 72.6. The Labute approximate surface area is 67.4 Å². The van der Waals surface area contributed by atoms with E-state index in [1.165, 1.54) is 12.8 Å². The second-order valence-corrected chi connectivity index (χ2v) is 5.02. The molecule has 4 fully saturated rings. The number of fused-ring (bicyclic) bond motifs is 1. The average Bonchev–Trinajstić information content (AvgIpc) is 2.40. The third kappa shape index (κ3) is 0.288. The SMILES string of the molecule is CC1CC2C3C#CC4CC13C42. The highest BCUT2D eigenvalue weighted by molar-refractivity contribution is 5.40. The van der Waals surface area contributed by atoms with Gasteiger partial charge >= 0.3 is 0 Å². The topological polar surface area (TPSA) is 0 Å². The van der Waals surface area contributed by atoms with Crippen LogP contribution in [0.5, 0.6) is 0 Å². The predicted octanol–water partition coefficient (Wildman–Crippen LogP) is 1.91. The molecule has 0 heterocycles. The second kappa shape index (κ2) is 1.16. The van der Waals surface area contributed by atoms with Gasteiger partial charge in [0.1, 0.15) is 0 Å². The molecule has 0 saturated heterocycles. The van der Waals surface area contributed by atoms with Crippen molar-refractivity contribution >= 4 is 0 Å². The summed E-state index contributed by atoms with van der Waals surface area (Å²) in [7, 11) is 0. The first-order valence-electron chi connectivity index (χ1n) is 4.85. The highest BCUT2D eigenvalue weighted by atomic mass is 14.8. The maximum Gasteiger partial charge on any atom is 0.0297 e. The van der Waals surface area contributed by atoms with Crippen LogP contribution in [0.25, 0.3) is 0 Å². The van der Waals surface area contributed by atoms with Gasteiger partial charge in [0, 0.05) is 11.8 Å². The lowest BCUT2D eigenvalue weighted by atomic mass is 9.35. The molecule has 6 unspecified atom stereocenters. The van der Waals surface area contributed by atoms with Crippen molar-refractivity contribution in [3.63, 3.8) is 0 Å². The fraction of sp³-hybridized carbons (Fsp3) is 0.818. The monoisotopic (exact) mass is 144 g/mol. The zero-order valence-electron chi connectivity index (χ0n) is 6.80. The molecule has 0 aliphatic heterocycles. The van der Waals surface area contributed by atoms with Crippen LogP contribution in [0, 0.1) is 46.8 Å². The highest BCUT2D eigenvalue weighted by Crippen LogP contribution is 2.81. The third-order valence-corrected chi connectivity index (χ3v) is 5.06. The van der Waals surface area contributed by atoms with Gasteiger partial charge in [-0.2, -0.15) is 0 Å². The van der Waals surface area contributed by atoms with Gasteiger partial charge in [0.2, 0.25) is 0 Å². The number of hydrogen-bond donors (Lipinski definition) is 0. The summed E-state index contributed by atoms with van der Waals surface area (Å²) in [4.78, 5) is 0. The van der Waals surface area contributed by atoms with E-state index >= 15 is 0 Å². The lowest BCUT2D eigenvalue weighted by Gasteiger charge is -2.67. The van der Waals surface area contributed by atoms with Gasteiger partial charge in [-0.15, -0.1) is 0 Å². The fourth-order valence-corrected chi connectivity index (χ4v) is 4.70. The molecule has 6 rings (SSSR count). The molecule has 0 radical (unpaired) electrons. The van der Waals surface area contributed by atoms with Crippen LogP contribution in [0.2, 0.25) is 0 Å². The Morgan fingerprint density at radius 2 is 2.27 bits per heavy atom. The molecule has 0 N–H and O–H groups in total. The molecule has 0 aromatic rings. The predicted molar refractivity (Wildman–Crippen MR) is 42.6 cm³/mol. The molecule has 6 aliphatic carbocycles. The molecule has 6 atom stereocenters. The first-order chi connectivity index (χ1) is 5.34. The standard InChI is InChI=1S/C11H12/c1-6-4-8-9-3-2-7-5-11(6,9)10(7)8/h6-10H,4-5H2,1H3. The fourth-order valence-electron chi connectivity index (χ4n) is 4.70. The minimum Gasteiger partial charge on any atom is -0.0992 e. The largest absolute Gasteiger partial charge is 0.0992 e. The van der Waals surface area contributed by atoms with Crippen LogP contribution in [0.3, 0.4) is 0 Å². The number of rotatable bonds is 0. The van der Waals surface area contributed by atoms with Crippen LogP contribution in [0.15, 0.2) is 0 Å². The van der Waals surface area contributed by atoms with Crippen LogP contribution >= 0.6 is 0 Å². The first kappa shape index (κ1) is 5.25. The summed E-state index contributed by atoms with van der Waals surface area (Å²) in [5.41, 5.74) is 0.778. The highest BCUT2D eigenvalue weighted by Gasteiger charge is 2.78. The molecule has 0 nitrogen and oxygen atoms in total. The molecule has 6 aliphatic rings. The summed E-state index contributed by atoms with van der Waals surface area (Å²) >= 11 is 0. The van der Waals surface area contributed by atoms with E-state index in [9.17, 15) is 0 Å². The van der Waals surface area contributed by atoms with Gasteiger partial charge < -0.3 is 0 Å². The van der Waals surface area contributed by atoms with E-state index in [1.54, 1.807) is 0 Å². The van der Waals surface area contributed by atoms with Crippen molar-refractivity contribution in [2.75, 3.05) is 0 Å². The maximum atomic E-state index is 3.48. The molecule has 1 spiro atoms. The van der Waals surface area contributed by atoms with E-state index in [2.05, 4.69) is 18.8 Å². The van der Waals surface area contributed by atoms with Crippen LogP contribution in [0.4, 0.5) is 0 Å². The van der Waals surface area contributed by atoms with E-state index < -0.39 is 0 Å². The van der Waals surface area contributed by atoms with Crippen LogP contribution < -0.4 is 0 Å². The van der Waals surface area contributed by atoms with Gasteiger partial charge in [0.15, 0.2) is 0 Å². The molecule has 11 heavy (non-hydrogen) atoms. The van der Waals surface area contributed by atoms with Gasteiger partial charge in [-0.05, 0) is 36.0 Å². The molecule has 0 aromatic heterocycles. The van der Waals surface area contributed by atoms with Gasteiger partial charge in [-0.1, -0.05) is 18.8 Å². The Bertz CT molecular complexity index is 306. The zero-order valence-corrected chi connectivity index (χ0v) is 6.80. The summed E-state index contributed by atoms with van der Waals surface area (Å²) in [5.74, 6) is 11.7. The third-order valence-electron chi connectivity index (χ3n) is 5.06. The minimum atomic E-state index is 0.778. The van der Waals surface area contributed by atoms with Crippen molar-refractivity contribution in [1.29, 1.82) is 0 Å². The molecule has 4 saturated carbocycles. The lowest BCUT2D eigenvalue weighted by Crippen LogP contribution is -2.65. The summed E-state index contributed by atoms with van der Waals surface area (Å²) in [6.07, 6.45) is 2.97. The lowest BCUT2D eigenvalue weighted by molar-refractivity contribution is -0.172. The zero-order chi connectivity index (χ0) is 7.22. The van der Waals surface area contributed by atoms with E-state index in [0.717, 1.165) is 35.0 Å². The van der Waals surface area contributed by atoms with Crippen LogP contribution in [0.1, 0.15) is 19.8 Å². The molecular formula is C11H12. The average molecular weight is 144 g/mol. The van der Waals surface area contributed by atoms with Crippen LogP contribution in [-0.2, 0) is 0 Å². The molecule has 5 bridgehead atoms. The van der Waals surface area contributed by atoms with E-state index in [-0.39, 0.29) is 0 Å². The Hall–Kier alpha value is -0.440. The van der Waals surface area contributed by atoms with Gasteiger partial charge in [0.25, 0.3) is 0 Å². The quantitative estimate of drug-likeness (QED) is 0.456. The molecule has 0 heteroatoms. The van der Waals surface area contributed by atoms with Crippen molar-refractivity contribution < 1.29 is 0 Å². The van der Waals surface area contributed by atoms with Gasteiger partial charge in [-0.3, -0.25) is 0 Å².